The molecule has 2 rings (SSSR count). The highest BCUT2D eigenvalue weighted by atomic mass is 16.5. The van der Waals surface area contributed by atoms with Gasteiger partial charge in [-0.1, -0.05) is 13.8 Å². The van der Waals surface area contributed by atoms with Crippen molar-refractivity contribution in [1.82, 2.24) is 0 Å². The second-order valence-corrected chi connectivity index (χ2v) is 5.87. The largest absolute Gasteiger partial charge is 0.469 e. The molecule has 2 saturated carbocycles. The molecule has 0 aromatic heterocycles. The summed E-state index contributed by atoms with van der Waals surface area (Å²) in [5.41, 5.74) is 0.0307. The van der Waals surface area contributed by atoms with Crippen LogP contribution in [0.4, 0.5) is 0 Å². The Morgan fingerprint density at radius 3 is 2.82 bits per heavy atom. The fourth-order valence-corrected chi connectivity index (χ4v) is 4.14. The lowest BCUT2D eigenvalue weighted by molar-refractivity contribution is -0.150. The number of hydrogen-bond donors (Lipinski definition) is 0. The lowest BCUT2D eigenvalue weighted by Crippen LogP contribution is -2.41. The summed E-state index contributed by atoms with van der Waals surface area (Å²) in [7, 11) is 1.44. The van der Waals surface area contributed by atoms with Gasteiger partial charge in [-0.25, -0.2) is 0 Å². The Morgan fingerprint density at radius 2 is 2.18 bits per heavy atom. The topological polar surface area (TPSA) is 43.4 Å². The first-order chi connectivity index (χ1) is 8.00. The third-order valence-corrected chi connectivity index (χ3v) is 5.11. The molecule has 0 heterocycles. The van der Waals surface area contributed by atoms with Crippen LogP contribution in [0.15, 0.2) is 0 Å². The van der Waals surface area contributed by atoms with Crippen LogP contribution in [0.3, 0.4) is 0 Å². The number of ether oxygens (including phenoxy) is 1. The minimum absolute atomic E-state index is 0.0307. The van der Waals surface area contributed by atoms with Crippen LogP contribution in [0.25, 0.3) is 0 Å². The monoisotopic (exact) mass is 238 g/mol. The molecule has 2 aliphatic carbocycles. The van der Waals surface area contributed by atoms with Gasteiger partial charge in [0.05, 0.1) is 13.0 Å². The number of Topliss-reactive ketones (excluding diaryl/α,β-unsaturated/α-hetero) is 1. The van der Waals surface area contributed by atoms with Crippen molar-refractivity contribution >= 4 is 11.8 Å². The summed E-state index contributed by atoms with van der Waals surface area (Å²) >= 11 is 0. The first-order valence-corrected chi connectivity index (χ1v) is 6.61. The van der Waals surface area contributed by atoms with Gasteiger partial charge in [-0.2, -0.15) is 0 Å². The maximum absolute atomic E-state index is 12.0. The van der Waals surface area contributed by atoms with E-state index in [0.717, 1.165) is 32.1 Å². The van der Waals surface area contributed by atoms with Crippen molar-refractivity contribution in [3.05, 3.63) is 0 Å². The number of carbonyl (C=O) groups is 2. The summed E-state index contributed by atoms with van der Waals surface area (Å²) in [6, 6.07) is 0. The van der Waals surface area contributed by atoms with Crippen molar-refractivity contribution in [3.8, 4) is 0 Å². The molecule has 0 aromatic carbocycles. The Balaban J connectivity index is 2.21. The van der Waals surface area contributed by atoms with Crippen LogP contribution in [-0.2, 0) is 14.3 Å². The Labute approximate surface area is 103 Å². The molecule has 2 fully saturated rings. The second-order valence-electron chi connectivity index (χ2n) is 5.87. The summed E-state index contributed by atoms with van der Waals surface area (Å²) in [5.74, 6) is 0.701. The zero-order chi connectivity index (χ0) is 12.6. The summed E-state index contributed by atoms with van der Waals surface area (Å²) in [6.07, 6.45) is 4.75. The summed E-state index contributed by atoms with van der Waals surface area (Å²) in [5, 5.41) is 0. The van der Waals surface area contributed by atoms with Gasteiger partial charge in [0, 0.05) is 12.3 Å². The zero-order valence-electron chi connectivity index (χ0n) is 11.0. The van der Waals surface area contributed by atoms with Crippen molar-refractivity contribution in [2.24, 2.45) is 23.2 Å². The van der Waals surface area contributed by atoms with Crippen molar-refractivity contribution in [2.75, 3.05) is 7.11 Å². The first-order valence-electron chi connectivity index (χ1n) is 6.61. The van der Waals surface area contributed by atoms with E-state index in [1.165, 1.54) is 7.11 Å². The molecular weight excluding hydrogens is 216 g/mol. The van der Waals surface area contributed by atoms with E-state index in [9.17, 15) is 9.59 Å². The number of ketones is 1. The molecule has 3 nitrogen and oxygen atoms in total. The van der Waals surface area contributed by atoms with E-state index in [0.29, 0.717) is 11.7 Å². The van der Waals surface area contributed by atoms with E-state index >= 15 is 0 Å². The van der Waals surface area contributed by atoms with Crippen molar-refractivity contribution in [3.63, 3.8) is 0 Å². The first kappa shape index (κ1) is 12.6. The van der Waals surface area contributed by atoms with Crippen LogP contribution in [0.1, 0.15) is 46.0 Å². The molecule has 0 unspecified atom stereocenters. The molecule has 0 N–H and O–H groups in total. The second kappa shape index (κ2) is 4.43. The molecule has 96 valence electrons. The maximum Gasteiger partial charge on any atom is 0.308 e. The molecule has 0 aliphatic heterocycles. The van der Waals surface area contributed by atoms with Gasteiger partial charge in [-0.3, -0.25) is 9.59 Å². The molecule has 0 saturated heterocycles. The van der Waals surface area contributed by atoms with Gasteiger partial charge in [-0.15, -0.1) is 0 Å². The quantitative estimate of drug-likeness (QED) is 0.694. The molecule has 0 aromatic rings. The lowest BCUT2D eigenvalue weighted by atomic mass is 9.62. The van der Waals surface area contributed by atoms with E-state index in [-0.39, 0.29) is 23.2 Å². The number of fused-ring (bicyclic) bond motifs is 1. The number of esters is 1. The van der Waals surface area contributed by atoms with E-state index < -0.39 is 0 Å². The van der Waals surface area contributed by atoms with Gasteiger partial charge in [0.2, 0.25) is 0 Å². The highest BCUT2D eigenvalue weighted by Gasteiger charge is 2.53. The minimum atomic E-state index is -0.130. The van der Waals surface area contributed by atoms with Crippen LogP contribution in [0, 0.1) is 23.2 Å². The predicted molar refractivity (Wildman–Crippen MR) is 64.4 cm³/mol. The zero-order valence-corrected chi connectivity index (χ0v) is 11.0. The maximum atomic E-state index is 12.0. The van der Waals surface area contributed by atoms with Gasteiger partial charge < -0.3 is 4.74 Å². The molecule has 0 bridgehead atoms. The molecule has 17 heavy (non-hydrogen) atoms. The fraction of sp³-hybridized carbons (Fsp3) is 0.857. The standard InChI is InChI=1S/C14H22O3/c1-9(13(16)17-3)10-6-7-11-12(15)5-4-8-14(10,11)2/h9-11H,4-8H2,1-3H3/t9-,10+,11-,14+/m0/s1. The molecule has 4 atom stereocenters. The SMILES string of the molecule is COC(=O)[C@@H](C)[C@H]1CC[C@H]2C(=O)CCC[C@]12C. The van der Waals surface area contributed by atoms with Gasteiger partial charge >= 0.3 is 5.97 Å². The van der Waals surface area contributed by atoms with Gasteiger partial charge in [0.25, 0.3) is 0 Å². The van der Waals surface area contributed by atoms with Gasteiger partial charge in [0.1, 0.15) is 5.78 Å². The van der Waals surface area contributed by atoms with Gasteiger partial charge in [0.15, 0.2) is 0 Å². The summed E-state index contributed by atoms with van der Waals surface area (Å²) < 4.78 is 4.85. The molecule has 3 heteroatoms. The molecule has 0 radical (unpaired) electrons. The molecule has 2 aliphatic rings. The Bertz CT molecular complexity index is 336. The third-order valence-electron chi connectivity index (χ3n) is 5.11. The Morgan fingerprint density at radius 1 is 1.47 bits per heavy atom. The smallest absolute Gasteiger partial charge is 0.308 e. The van der Waals surface area contributed by atoms with Crippen LogP contribution >= 0.6 is 0 Å². The van der Waals surface area contributed by atoms with Gasteiger partial charge in [-0.05, 0) is 37.0 Å². The third kappa shape index (κ3) is 1.90. The van der Waals surface area contributed by atoms with E-state index in [4.69, 9.17) is 4.74 Å². The number of methoxy groups -OCH3 is 1. The van der Waals surface area contributed by atoms with E-state index in [2.05, 4.69) is 6.92 Å². The average Bonchev–Trinajstić information content (AvgIpc) is 2.65. The van der Waals surface area contributed by atoms with E-state index in [1.807, 2.05) is 6.92 Å². The fourth-order valence-electron chi connectivity index (χ4n) is 4.14. The van der Waals surface area contributed by atoms with Crippen LogP contribution < -0.4 is 0 Å². The highest BCUT2D eigenvalue weighted by molar-refractivity contribution is 5.83. The molecule has 0 amide bonds. The van der Waals surface area contributed by atoms with Crippen molar-refractivity contribution in [2.45, 2.75) is 46.0 Å². The van der Waals surface area contributed by atoms with E-state index in [1.54, 1.807) is 0 Å². The van der Waals surface area contributed by atoms with Crippen molar-refractivity contribution < 1.29 is 14.3 Å². The Hall–Kier alpha value is -0.860. The summed E-state index contributed by atoms with van der Waals surface area (Å²) in [4.78, 5) is 23.7. The molecule has 0 spiro atoms. The molecular formula is C14H22O3. The number of hydrogen-bond acceptors (Lipinski definition) is 3. The summed E-state index contributed by atoms with van der Waals surface area (Å²) in [6.45, 7) is 4.15. The lowest BCUT2D eigenvalue weighted by Gasteiger charge is -2.41. The predicted octanol–water partition coefficient (Wildman–Crippen LogP) is 2.58. The minimum Gasteiger partial charge on any atom is -0.469 e. The number of rotatable bonds is 2. The number of carbonyl (C=O) groups excluding carboxylic acids is 2. The van der Waals surface area contributed by atoms with Crippen LogP contribution in [0.5, 0.6) is 0 Å². The van der Waals surface area contributed by atoms with Crippen LogP contribution in [-0.4, -0.2) is 18.9 Å². The Kier molecular flexibility index (Phi) is 3.28. The van der Waals surface area contributed by atoms with Crippen molar-refractivity contribution in [1.29, 1.82) is 0 Å². The average molecular weight is 238 g/mol. The highest BCUT2D eigenvalue weighted by Crippen LogP contribution is 2.56. The normalized spacial score (nSPS) is 38.6. The van der Waals surface area contributed by atoms with Crippen LogP contribution in [0.2, 0.25) is 0 Å².